The Morgan fingerprint density at radius 1 is 1.35 bits per heavy atom. The van der Waals surface area contributed by atoms with Gasteiger partial charge in [-0.25, -0.2) is 4.79 Å². The van der Waals surface area contributed by atoms with Gasteiger partial charge in [-0.3, -0.25) is 0 Å². The fraction of sp³-hybridized carbons (Fsp3) is 0.167. The summed E-state index contributed by atoms with van der Waals surface area (Å²) in [6.07, 6.45) is -4.43. The van der Waals surface area contributed by atoms with E-state index in [-0.39, 0.29) is 22.1 Å². The number of benzene rings is 1. The summed E-state index contributed by atoms with van der Waals surface area (Å²) in [5, 5.41) is 11.9. The number of carboxylic acid groups (broad SMARTS) is 1. The second-order valence-corrected chi connectivity index (χ2v) is 4.78. The molecule has 0 aliphatic carbocycles. The van der Waals surface area contributed by atoms with Gasteiger partial charge in [-0.15, -0.1) is 11.8 Å². The van der Waals surface area contributed by atoms with E-state index in [0.717, 1.165) is 17.8 Å². The average molecular weight is 303 g/mol. The Morgan fingerprint density at radius 3 is 2.65 bits per heavy atom. The van der Waals surface area contributed by atoms with Crippen molar-refractivity contribution >= 4 is 17.7 Å². The first-order valence-corrected chi connectivity index (χ1v) is 6.34. The predicted octanol–water partition coefficient (Wildman–Crippen LogP) is 3.68. The van der Waals surface area contributed by atoms with Crippen LogP contribution in [-0.4, -0.2) is 16.2 Å². The van der Waals surface area contributed by atoms with Crippen LogP contribution in [0.2, 0.25) is 0 Å². The number of hydrogen-bond acceptors (Lipinski definition) is 4. The monoisotopic (exact) mass is 303 g/mol. The van der Waals surface area contributed by atoms with Gasteiger partial charge in [-0.1, -0.05) is 17.3 Å². The number of rotatable bonds is 4. The van der Waals surface area contributed by atoms with Gasteiger partial charge in [0.05, 0.1) is 11.3 Å². The van der Waals surface area contributed by atoms with Crippen molar-refractivity contribution in [3.8, 4) is 0 Å². The molecule has 0 unspecified atom stereocenters. The minimum absolute atomic E-state index is 0.0493. The van der Waals surface area contributed by atoms with Gasteiger partial charge in [0.15, 0.2) is 5.69 Å². The van der Waals surface area contributed by atoms with Crippen LogP contribution in [0.5, 0.6) is 0 Å². The maximum atomic E-state index is 12.8. The quantitative estimate of drug-likeness (QED) is 0.873. The van der Waals surface area contributed by atoms with Crippen molar-refractivity contribution in [2.24, 2.45) is 0 Å². The Bertz CT molecular complexity index is 624. The minimum atomic E-state index is -4.43. The number of thioether (sulfide) groups is 1. The van der Waals surface area contributed by atoms with Crippen molar-refractivity contribution in [1.29, 1.82) is 0 Å². The Labute approximate surface area is 115 Å². The van der Waals surface area contributed by atoms with Gasteiger partial charge < -0.3 is 9.63 Å². The Balaban J connectivity index is 2.13. The van der Waals surface area contributed by atoms with E-state index in [1.807, 2.05) is 0 Å². The van der Waals surface area contributed by atoms with E-state index in [1.165, 1.54) is 24.3 Å². The van der Waals surface area contributed by atoms with Crippen molar-refractivity contribution in [3.05, 3.63) is 47.3 Å². The van der Waals surface area contributed by atoms with Crippen LogP contribution < -0.4 is 0 Å². The second-order valence-electron chi connectivity index (χ2n) is 3.77. The molecule has 0 aliphatic rings. The van der Waals surface area contributed by atoms with Crippen LogP contribution in [0.15, 0.2) is 39.8 Å². The summed E-state index contributed by atoms with van der Waals surface area (Å²) in [5.41, 5.74) is -1.01. The molecule has 0 fully saturated rings. The Morgan fingerprint density at radius 2 is 2.05 bits per heavy atom. The third-order valence-electron chi connectivity index (χ3n) is 2.34. The molecule has 4 nitrogen and oxygen atoms in total. The fourth-order valence-electron chi connectivity index (χ4n) is 1.46. The van der Waals surface area contributed by atoms with Crippen molar-refractivity contribution in [1.82, 2.24) is 5.16 Å². The van der Waals surface area contributed by atoms with Crippen molar-refractivity contribution in [2.75, 3.05) is 0 Å². The largest absolute Gasteiger partial charge is 0.476 e. The van der Waals surface area contributed by atoms with E-state index in [0.29, 0.717) is 0 Å². The van der Waals surface area contributed by atoms with E-state index < -0.39 is 17.7 Å². The van der Waals surface area contributed by atoms with Gasteiger partial charge in [0.1, 0.15) is 5.76 Å². The number of halogens is 3. The average Bonchev–Trinajstić information content (AvgIpc) is 2.84. The molecule has 1 N–H and O–H groups in total. The third kappa shape index (κ3) is 3.32. The van der Waals surface area contributed by atoms with E-state index >= 15 is 0 Å². The highest BCUT2D eigenvalue weighted by Crippen LogP contribution is 2.37. The fourth-order valence-corrected chi connectivity index (χ4v) is 2.41. The molecule has 1 heterocycles. The van der Waals surface area contributed by atoms with Crippen molar-refractivity contribution in [3.63, 3.8) is 0 Å². The van der Waals surface area contributed by atoms with Crippen LogP contribution in [0.4, 0.5) is 13.2 Å². The molecule has 0 radical (unpaired) electrons. The predicted molar refractivity (Wildman–Crippen MR) is 64.5 cm³/mol. The zero-order valence-electron chi connectivity index (χ0n) is 9.85. The highest BCUT2D eigenvalue weighted by atomic mass is 32.2. The molecule has 106 valence electrons. The van der Waals surface area contributed by atoms with Gasteiger partial charge in [0.2, 0.25) is 0 Å². The molecule has 0 spiro atoms. The first-order chi connectivity index (χ1) is 9.38. The van der Waals surface area contributed by atoms with Crippen LogP contribution >= 0.6 is 11.8 Å². The zero-order chi connectivity index (χ0) is 14.8. The summed E-state index contributed by atoms with van der Waals surface area (Å²) >= 11 is 0.905. The molecular weight excluding hydrogens is 295 g/mol. The number of carboxylic acids is 1. The molecule has 0 bridgehead atoms. The minimum Gasteiger partial charge on any atom is -0.476 e. The Hall–Kier alpha value is -1.96. The van der Waals surface area contributed by atoms with Crippen LogP contribution in [-0.2, 0) is 11.9 Å². The highest BCUT2D eigenvalue weighted by Gasteiger charge is 2.33. The number of nitrogens with zero attached hydrogens (tertiary/aromatic N) is 1. The van der Waals surface area contributed by atoms with Crippen LogP contribution in [0.1, 0.15) is 21.8 Å². The highest BCUT2D eigenvalue weighted by molar-refractivity contribution is 7.98. The smallest absolute Gasteiger partial charge is 0.417 e. The van der Waals surface area contributed by atoms with E-state index in [9.17, 15) is 18.0 Å². The summed E-state index contributed by atoms with van der Waals surface area (Å²) < 4.78 is 43.0. The zero-order valence-corrected chi connectivity index (χ0v) is 10.7. The molecule has 2 aromatic rings. The summed E-state index contributed by atoms with van der Waals surface area (Å²) in [5.74, 6) is -0.988. The van der Waals surface area contributed by atoms with Crippen molar-refractivity contribution in [2.45, 2.75) is 16.8 Å². The van der Waals surface area contributed by atoms with Gasteiger partial charge >= 0.3 is 12.1 Å². The molecule has 0 saturated carbocycles. The lowest BCUT2D eigenvalue weighted by Gasteiger charge is -2.11. The molecule has 0 aliphatic heterocycles. The molecular formula is C12H8F3NO3S. The molecule has 0 amide bonds. The number of aromatic nitrogens is 1. The van der Waals surface area contributed by atoms with Crippen molar-refractivity contribution < 1.29 is 27.6 Å². The standard InChI is InChI=1S/C12H8F3NO3S/c13-12(14,15)8-3-1-2-4-10(8)20-6-7-5-9(11(17)18)16-19-7/h1-5H,6H2,(H,17,18). The van der Waals surface area contributed by atoms with Gasteiger partial charge in [-0.2, -0.15) is 13.2 Å². The lowest BCUT2D eigenvalue weighted by Crippen LogP contribution is -2.06. The Kier molecular flexibility index (Phi) is 4.03. The van der Waals surface area contributed by atoms with Crippen LogP contribution in [0, 0.1) is 0 Å². The van der Waals surface area contributed by atoms with Crippen LogP contribution in [0.3, 0.4) is 0 Å². The van der Waals surface area contributed by atoms with Gasteiger partial charge in [-0.05, 0) is 12.1 Å². The topological polar surface area (TPSA) is 63.3 Å². The molecule has 0 atom stereocenters. The number of aromatic carboxylic acids is 1. The molecule has 1 aromatic carbocycles. The third-order valence-corrected chi connectivity index (χ3v) is 3.44. The summed E-state index contributed by atoms with van der Waals surface area (Å²) in [4.78, 5) is 10.6. The normalized spacial score (nSPS) is 11.6. The number of carbonyl (C=O) groups is 1. The lowest BCUT2D eigenvalue weighted by atomic mass is 10.2. The summed E-state index contributed by atoms with van der Waals surface area (Å²) in [6.45, 7) is 0. The van der Waals surface area contributed by atoms with E-state index in [2.05, 4.69) is 5.16 Å². The van der Waals surface area contributed by atoms with Gasteiger partial charge in [0.25, 0.3) is 0 Å². The second kappa shape index (κ2) is 5.58. The number of alkyl halides is 3. The van der Waals surface area contributed by atoms with Crippen LogP contribution in [0.25, 0.3) is 0 Å². The van der Waals surface area contributed by atoms with E-state index in [4.69, 9.17) is 9.63 Å². The first kappa shape index (κ1) is 14.4. The summed E-state index contributed by atoms with van der Waals surface area (Å²) in [7, 11) is 0. The molecule has 20 heavy (non-hydrogen) atoms. The lowest BCUT2D eigenvalue weighted by molar-refractivity contribution is -0.139. The molecule has 0 saturated heterocycles. The SMILES string of the molecule is O=C(O)c1cc(CSc2ccccc2C(F)(F)F)on1. The molecule has 8 heteroatoms. The maximum Gasteiger partial charge on any atom is 0.417 e. The maximum absolute atomic E-state index is 12.8. The van der Waals surface area contributed by atoms with Gasteiger partial charge in [0, 0.05) is 11.0 Å². The van der Waals surface area contributed by atoms with E-state index in [1.54, 1.807) is 0 Å². The number of hydrogen-bond donors (Lipinski definition) is 1. The molecule has 2 rings (SSSR count). The first-order valence-electron chi connectivity index (χ1n) is 5.36. The summed E-state index contributed by atoms with van der Waals surface area (Å²) in [6, 6.07) is 6.34. The molecule has 1 aromatic heterocycles.